The van der Waals surface area contributed by atoms with Crippen LogP contribution in [0, 0.1) is 5.82 Å². The van der Waals surface area contributed by atoms with Crippen molar-refractivity contribution in [2.75, 3.05) is 5.32 Å². The Balaban J connectivity index is 2.19. The molecule has 2 aromatic rings. The molecule has 92 valence electrons. The average molecular weight is 245 g/mol. The minimum atomic E-state index is -0.562. The number of aliphatic hydroxyl groups is 1. The first-order valence-corrected chi connectivity index (χ1v) is 5.46. The van der Waals surface area contributed by atoms with E-state index in [0.29, 0.717) is 11.3 Å². The standard InChI is InChI=1S/C14H12FNO2/c15-13-7-2-1-6-12(13)14(18)16-11-5-3-4-10(8-11)9-17/h1-8,17H,9H2,(H,16,18). The molecule has 1 amide bonds. The van der Waals surface area contributed by atoms with E-state index in [2.05, 4.69) is 5.32 Å². The second-order valence-corrected chi connectivity index (χ2v) is 3.79. The molecule has 0 radical (unpaired) electrons. The van der Waals surface area contributed by atoms with E-state index < -0.39 is 11.7 Å². The third kappa shape index (κ3) is 2.73. The summed E-state index contributed by atoms with van der Waals surface area (Å²) >= 11 is 0. The predicted octanol–water partition coefficient (Wildman–Crippen LogP) is 2.57. The zero-order chi connectivity index (χ0) is 13.0. The first-order valence-electron chi connectivity index (χ1n) is 5.46. The van der Waals surface area contributed by atoms with E-state index in [1.54, 1.807) is 30.3 Å². The minimum absolute atomic E-state index is 0.00750. The lowest BCUT2D eigenvalue weighted by Crippen LogP contribution is -2.13. The summed E-state index contributed by atoms with van der Waals surface area (Å²) in [7, 11) is 0. The fourth-order valence-electron chi connectivity index (χ4n) is 1.59. The molecule has 0 saturated heterocycles. The summed E-state index contributed by atoms with van der Waals surface area (Å²) in [6.45, 7) is -0.108. The van der Waals surface area contributed by atoms with E-state index in [1.165, 1.54) is 18.2 Å². The first kappa shape index (κ1) is 12.3. The van der Waals surface area contributed by atoms with Gasteiger partial charge in [-0.05, 0) is 29.8 Å². The van der Waals surface area contributed by atoms with Gasteiger partial charge in [0.2, 0.25) is 0 Å². The predicted molar refractivity (Wildman–Crippen MR) is 66.7 cm³/mol. The summed E-state index contributed by atoms with van der Waals surface area (Å²) in [5.41, 5.74) is 1.20. The van der Waals surface area contributed by atoms with E-state index in [-0.39, 0.29) is 12.2 Å². The van der Waals surface area contributed by atoms with Crippen molar-refractivity contribution in [2.24, 2.45) is 0 Å². The van der Waals surface area contributed by atoms with Crippen LogP contribution in [0.15, 0.2) is 48.5 Å². The Morgan fingerprint density at radius 3 is 2.67 bits per heavy atom. The molecule has 0 heterocycles. The number of nitrogens with one attached hydrogen (secondary N) is 1. The first-order chi connectivity index (χ1) is 8.70. The van der Waals surface area contributed by atoms with Gasteiger partial charge in [0.1, 0.15) is 5.82 Å². The van der Waals surface area contributed by atoms with Gasteiger partial charge in [0.25, 0.3) is 5.91 Å². The summed E-state index contributed by atoms with van der Waals surface area (Å²) in [6, 6.07) is 12.5. The number of rotatable bonds is 3. The Labute approximate surface area is 104 Å². The summed E-state index contributed by atoms with van der Waals surface area (Å²) < 4.78 is 13.4. The number of aliphatic hydroxyl groups excluding tert-OH is 1. The van der Waals surface area contributed by atoms with Crippen LogP contribution < -0.4 is 5.32 Å². The molecule has 0 atom stereocenters. The fourth-order valence-corrected chi connectivity index (χ4v) is 1.59. The summed E-state index contributed by atoms with van der Waals surface area (Å²) in [5.74, 6) is -1.07. The van der Waals surface area contributed by atoms with Crippen LogP contribution in [0.25, 0.3) is 0 Å². The molecule has 0 aromatic heterocycles. The van der Waals surface area contributed by atoms with Crippen LogP contribution in [0.5, 0.6) is 0 Å². The van der Waals surface area contributed by atoms with Crippen LogP contribution in [0.3, 0.4) is 0 Å². The van der Waals surface area contributed by atoms with Crippen molar-refractivity contribution in [3.8, 4) is 0 Å². The molecule has 2 rings (SSSR count). The van der Waals surface area contributed by atoms with Gasteiger partial charge in [0.05, 0.1) is 12.2 Å². The lowest BCUT2D eigenvalue weighted by molar-refractivity contribution is 0.102. The highest BCUT2D eigenvalue weighted by Crippen LogP contribution is 2.13. The van der Waals surface area contributed by atoms with E-state index in [1.807, 2.05) is 0 Å². The summed E-state index contributed by atoms with van der Waals surface area (Å²) in [5, 5.41) is 11.6. The van der Waals surface area contributed by atoms with Crippen molar-refractivity contribution >= 4 is 11.6 Å². The zero-order valence-corrected chi connectivity index (χ0v) is 9.56. The lowest BCUT2D eigenvalue weighted by atomic mass is 10.1. The highest BCUT2D eigenvalue weighted by Gasteiger charge is 2.10. The molecule has 0 aliphatic rings. The Kier molecular flexibility index (Phi) is 3.69. The van der Waals surface area contributed by atoms with Gasteiger partial charge in [-0.2, -0.15) is 0 Å². The summed E-state index contributed by atoms with van der Waals surface area (Å²) in [4.78, 5) is 11.8. The highest BCUT2D eigenvalue weighted by molar-refractivity contribution is 6.04. The number of halogens is 1. The number of hydrogen-bond acceptors (Lipinski definition) is 2. The Morgan fingerprint density at radius 1 is 1.17 bits per heavy atom. The van der Waals surface area contributed by atoms with Gasteiger partial charge in [0.15, 0.2) is 0 Å². The minimum Gasteiger partial charge on any atom is -0.392 e. The normalized spacial score (nSPS) is 10.1. The second-order valence-electron chi connectivity index (χ2n) is 3.79. The molecule has 18 heavy (non-hydrogen) atoms. The molecule has 0 unspecified atom stereocenters. The van der Waals surface area contributed by atoms with Gasteiger partial charge in [-0.25, -0.2) is 4.39 Å². The molecular formula is C14H12FNO2. The van der Waals surface area contributed by atoms with Gasteiger partial charge in [-0.15, -0.1) is 0 Å². The van der Waals surface area contributed by atoms with Crippen LogP contribution in [-0.2, 0) is 6.61 Å². The maximum Gasteiger partial charge on any atom is 0.258 e. The number of carbonyl (C=O) groups is 1. The number of benzene rings is 2. The van der Waals surface area contributed by atoms with E-state index in [4.69, 9.17) is 5.11 Å². The molecular weight excluding hydrogens is 233 g/mol. The van der Waals surface area contributed by atoms with Crippen molar-refractivity contribution in [3.63, 3.8) is 0 Å². The smallest absolute Gasteiger partial charge is 0.258 e. The monoisotopic (exact) mass is 245 g/mol. The molecule has 3 nitrogen and oxygen atoms in total. The van der Waals surface area contributed by atoms with Crippen molar-refractivity contribution in [2.45, 2.75) is 6.61 Å². The third-order valence-corrected chi connectivity index (χ3v) is 2.49. The van der Waals surface area contributed by atoms with Crippen molar-refractivity contribution < 1.29 is 14.3 Å². The van der Waals surface area contributed by atoms with Crippen LogP contribution >= 0.6 is 0 Å². The maximum absolute atomic E-state index is 13.4. The maximum atomic E-state index is 13.4. The molecule has 0 fully saturated rings. The largest absolute Gasteiger partial charge is 0.392 e. The molecule has 0 aliphatic carbocycles. The Bertz CT molecular complexity index is 569. The average Bonchev–Trinajstić information content (AvgIpc) is 2.39. The quantitative estimate of drug-likeness (QED) is 0.873. The fraction of sp³-hybridized carbons (Fsp3) is 0.0714. The van der Waals surface area contributed by atoms with Gasteiger partial charge in [-0.3, -0.25) is 4.79 Å². The second kappa shape index (κ2) is 5.42. The number of anilines is 1. The number of hydrogen-bond donors (Lipinski definition) is 2. The van der Waals surface area contributed by atoms with Crippen molar-refractivity contribution in [1.29, 1.82) is 0 Å². The highest BCUT2D eigenvalue weighted by atomic mass is 19.1. The van der Waals surface area contributed by atoms with Crippen molar-refractivity contribution in [1.82, 2.24) is 0 Å². The molecule has 4 heteroatoms. The molecule has 0 aliphatic heterocycles. The van der Waals surface area contributed by atoms with Crippen LogP contribution in [-0.4, -0.2) is 11.0 Å². The van der Waals surface area contributed by atoms with Crippen molar-refractivity contribution in [3.05, 3.63) is 65.5 Å². The van der Waals surface area contributed by atoms with Crippen LogP contribution in [0.4, 0.5) is 10.1 Å². The molecule has 0 bridgehead atoms. The SMILES string of the molecule is O=C(Nc1cccc(CO)c1)c1ccccc1F. The van der Waals surface area contributed by atoms with Crippen LogP contribution in [0.2, 0.25) is 0 Å². The Hall–Kier alpha value is -2.20. The van der Waals surface area contributed by atoms with Gasteiger partial charge in [0, 0.05) is 5.69 Å². The van der Waals surface area contributed by atoms with Crippen LogP contribution in [0.1, 0.15) is 15.9 Å². The molecule has 0 spiro atoms. The Morgan fingerprint density at radius 2 is 1.94 bits per heavy atom. The van der Waals surface area contributed by atoms with Gasteiger partial charge in [-0.1, -0.05) is 24.3 Å². The van der Waals surface area contributed by atoms with Gasteiger partial charge < -0.3 is 10.4 Å². The van der Waals surface area contributed by atoms with Gasteiger partial charge >= 0.3 is 0 Å². The summed E-state index contributed by atoms with van der Waals surface area (Å²) in [6.07, 6.45) is 0. The number of carbonyl (C=O) groups excluding carboxylic acids is 1. The number of amides is 1. The van der Waals surface area contributed by atoms with E-state index in [9.17, 15) is 9.18 Å². The third-order valence-electron chi connectivity index (χ3n) is 2.49. The lowest BCUT2D eigenvalue weighted by Gasteiger charge is -2.07. The molecule has 2 aromatic carbocycles. The van der Waals surface area contributed by atoms with E-state index >= 15 is 0 Å². The van der Waals surface area contributed by atoms with E-state index in [0.717, 1.165) is 0 Å². The topological polar surface area (TPSA) is 49.3 Å². The zero-order valence-electron chi connectivity index (χ0n) is 9.56. The molecule has 0 saturated carbocycles. The molecule has 2 N–H and O–H groups in total.